The molecular weight excluding hydrogens is 1880 g/mol. The number of thioether (sulfide) groups is 3. The smallest absolute Gasteiger partial charge is 0.394 e. The van der Waals surface area contributed by atoms with Gasteiger partial charge in [-0.2, -0.15) is 124 Å². The van der Waals surface area contributed by atoms with Gasteiger partial charge in [-0.1, -0.05) is 0 Å². The molecule has 15 rings (SSSR count). The minimum atomic E-state index is -5.04. The van der Waals surface area contributed by atoms with Gasteiger partial charge in [0, 0.05) is 73.9 Å². The monoisotopic (exact) mass is 1920 g/mol. The first kappa shape index (κ1) is 97.3. The first-order valence-corrected chi connectivity index (χ1v) is 40.7. The quantitative estimate of drug-likeness (QED) is 0.0464. The Morgan fingerprint density at radius 1 is 0.307 bits per heavy atom. The van der Waals surface area contributed by atoms with Gasteiger partial charge in [0.1, 0.15) is 180 Å². The molecule has 1 aromatic heterocycles. The van der Waals surface area contributed by atoms with Crippen molar-refractivity contribution < 1.29 is 92.2 Å². The largest absolute Gasteiger partial charge is 0.523 e. The van der Waals surface area contributed by atoms with Crippen LogP contribution in [0.5, 0.6) is 0 Å². The first-order valence-electron chi connectivity index (χ1n) is 38.2. The van der Waals surface area contributed by atoms with Gasteiger partial charge < -0.3 is 5.73 Å². The molecule has 8 aromatic carbocycles. The second kappa shape index (κ2) is 37.5. The Hall–Kier alpha value is -17.2. The molecule has 670 valence electrons. The highest BCUT2D eigenvalue weighted by Gasteiger charge is 2.45. The van der Waals surface area contributed by atoms with Gasteiger partial charge in [0.25, 0.3) is 0 Å². The van der Waals surface area contributed by atoms with Crippen LogP contribution in [0.25, 0.3) is 127 Å². The number of hydrogen-bond acceptors (Lipinski definition) is 13. The van der Waals surface area contributed by atoms with Crippen LogP contribution in [-0.2, 0) is 38.5 Å². The van der Waals surface area contributed by atoms with Crippen molar-refractivity contribution in [1.82, 2.24) is 4.98 Å². The Bertz CT molecular complexity index is 8240. The van der Waals surface area contributed by atoms with Gasteiger partial charge in [-0.05, 0) is 285 Å². The van der Waals surface area contributed by atoms with Crippen LogP contribution in [0.4, 0.5) is 97.9 Å². The fourth-order valence-electron chi connectivity index (χ4n) is 17.5. The Labute approximate surface area is 771 Å². The second-order valence-electron chi connectivity index (χ2n) is 29.8. The summed E-state index contributed by atoms with van der Waals surface area (Å²) < 4.78 is 305. The summed E-state index contributed by atoms with van der Waals surface area (Å²) in [5.41, 5.74) is -16.1. The number of fused-ring (bicyclic) bond motifs is 6. The fourth-order valence-corrected chi connectivity index (χ4v) is 20.1. The summed E-state index contributed by atoms with van der Waals surface area (Å²) in [5, 5.41) is 76.1. The molecule has 0 radical (unpaired) electrons. The molecule has 6 aliphatic carbocycles. The van der Waals surface area contributed by atoms with E-state index < -0.39 is 207 Å². The van der Waals surface area contributed by atoms with E-state index in [1.165, 1.54) is 32.9 Å². The number of aromatic nitrogens is 1. The molecule has 1 heterocycles. The van der Waals surface area contributed by atoms with Crippen molar-refractivity contribution in [2.45, 2.75) is 75.8 Å². The van der Waals surface area contributed by atoms with E-state index in [1.807, 2.05) is 0 Å². The molecule has 2 N–H and O–H groups in total. The number of benzene rings is 8. The summed E-state index contributed by atoms with van der Waals surface area (Å²) in [4.78, 5) is 20.6. The molecule has 9 aromatic rings. The number of halogens is 21. The van der Waals surface area contributed by atoms with E-state index in [4.69, 9.17) is 45.2 Å². The number of nitrogen functional groups attached to an aromatic ring is 1. The van der Waals surface area contributed by atoms with Crippen LogP contribution in [0, 0.1) is 200 Å². The second-order valence-corrected chi connectivity index (χ2v) is 33.0. The lowest BCUT2D eigenvalue weighted by Crippen LogP contribution is -2.25. The molecule has 0 bridgehead atoms. The van der Waals surface area contributed by atoms with Crippen LogP contribution in [0.1, 0.15) is 65.3 Å². The van der Waals surface area contributed by atoms with E-state index in [-0.39, 0.29) is 196 Å². The molecular formula is C97H37F21N16S3. The van der Waals surface area contributed by atoms with Gasteiger partial charge in [-0.3, -0.25) is 0 Å². The van der Waals surface area contributed by atoms with Crippen molar-refractivity contribution in [3.05, 3.63) is 367 Å². The zero-order chi connectivity index (χ0) is 100. The number of nitrogens with two attached hydrogens (primary N) is 1. The lowest BCUT2D eigenvalue weighted by Gasteiger charge is -2.18. The molecule has 137 heavy (non-hydrogen) atoms. The van der Waals surface area contributed by atoms with Crippen LogP contribution in [0.15, 0.2) is 153 Å². The molecule has 0 unspecified atom stereocenters. The minimum Gasteiger partial charge on any atom is -0.394 e. The molecule has 6 aliphatic rings. The Morgan fingerprint density at radius 2 is 0.511 bits per heavy atom. The average Bonchev–Trinajstić information content (AvgIpc) is 1.55. The average molecular weight is 1920 g/mol. The molecule has 0 saturated carbocycles. The summed E-state index contributed by atoms with van der Waals surface area (Å²) in [6.45, 7) is 49.5. The Balaban J connectivity index is 0.000000174. The Morgan fingerprint density at radius 3 is 0.730 bits per heavy atom. The van der Waals surface area contributed by atoms with Gasteiger partial charge in [0.15, 0.2) is 0 Å². The van der Waals surface area contributed by atoms with Crippen LogP contribution in [0.2, 0.25) is 0 Å². The van der Waals surface area contributed by atoms with Crippen LogP contribution in [-0.4, -0.2) is 21.5 Å². The van der Waals surface area contributed by atoms with Crippen LogP contribution >= 0.6 is 35.3 Å². The maximum atomic E-state index is 15.1. The third kappa shape index (κ3) is 17.8. The third-order valence-electron chi connectivity index (χ3n) is 22.5. The summed E-state index contributed by atoms with van der Waals surface area (Å²) >= 11 is -2.01. The lowest BCUT2D eigenvalue weighted by atomic mass is 9.86. The number of nitrogens with zero attached hydrogens (tertiary/aromatic N) is 15. The summed E-state index contributed by atoms with van der Waals surface area (Å²) in [6, 6.07) is 23.3. The summed E-state index contributed by atoms with van der Waals surface area (Å²) in [6.07, 6.45) is -2.45. The molecule has 40 heteroatoms. The van der Waals surface area contributed by atoms with Crippen molar-refractivity contribution in [3.63, 3.8) is 0 Å². The van der Waals surface area contributed by atoms with Gasteiger partial charge in [-0.25, -0.2) is 43.9 Å². The normalized spacial score (nSPS) is 13.4. The minimum absolute atomic E-state index is 0.0194. The van der Waals surface area contributed by atoms with Gasteiger partial charge >= 0.3 is 34.0 Å². The highest BCUT2D eigenvalue weighted by atomic mass is 32.2. The third-order valence-corrected chi connectivity index (χ3v) is 25.2. The highest BCUT2D eigenvalue weighted by Crippen LogP contribution is 2.53. The van der Waals surface area contributed by atoms with Crippen molar-refractivity contribution in [3.8, 4) is 115 Å². The molecule has 0 aliphatic heterocycles. The zero-order valence-electron chi connectivity index (χ0n) is 68.8. The van der Waals surface area contributed by atoms with E-state index in [0.29, 0.717) is 29.8 Å². The van der Waals surface area contributed by atoms with E-state index in [0.717, 1.165) is 60.7 Å². The fraction of sp³-hybridized carbons (Fsp3) is 0.124. The number of nitriles is 8. The number of anilines is 1. The van der Waals surface area contributed by atoms with Crippen molar-refractivity contribution in [1.29, 1.82) is 42.1 Å². The predicted molar refractivity (Wildman–Crippen MR) is 457 cm³/mol. The maximum Gasteiger partial charge on any atom is 0.523 e. The predicted octanol–water partition coefficient (Wildman–Crippen LogP) is 21.6. The van der Waals surface area contributed by atoms with Gasteiger partial charge in [0.2, 0.25) is 11.9 Å². The highest BCUT2D eigenvalue weighted by molar-refractivity contribution is 8.09. The van der Waals surface area contributed by atoms with E-state index in [2.05, 4.69) is 34.1 Å². The number of allylic oxidation sites excluding steroid dienone is 6. The van der Waals surface area contributed by atoms with Crippen molar-refractivity contribution in [2.24, 2.45) is 0 Å². The van der Waals surface area contributed by atoms with E-state index in [9.17, 15) is 117 Å². The molecule has 0 spiro atoms. The van der Waals surface area contributed by atoms with Crippen molar-refractivity contribution >= 4 is 72.4 Å². The van der Waals surface area contributed by atoms with E-state index >= 15 is 17.6 Å². The molecule has 0 saturated heterocycles. The Kier molecular flexibility index (Phi) is 26.6. The van der Waals surface area contributed by atoms with Crippen molar-refractivity contribution in [2.75, 3.05) is 5.73 Å². The lowest BCUT2D eigenvalue weighted by molar-refractivity contribution is -0.0327. The number of pyridine rings is 1. The number of hydrogen-bond donors (Lipinski definition) is 1. The van der Waals surface area contributed by atoms with Gasteiger partial charge in [0.05, 0.1) is 16.7 Å². The SMILES string of the molecule is [C-]#[N+]C([N+]#[C-])=C1Cc2c(-c3cc(F)c(C#N)c(F)c3)c3c(c(-c4cc(F)c(C#N)c(F)c4)c2=C1C)CC(=C(C#N)C#N)C=3SC(F)(F)F.[C-]#[N+]C([N+]#[C-])=C1Cc2c(-c3cc(F)cc(F)c3)c3c(c(-c4cc(F)cc(F)c4)c2=C1C)CC(=C(C#N)C#N)C=3SC(F)(F)F.[C-]#[N+]C([N+]#[C-])=C1Cc2c(-c3cc(F)nc(F)c3)c3c(c(-c4cc(F)c(N)c(F)c4)c2=C1C)CC(=C(C#N)C#N)C=3SC(F)(F)F. The van der Waals surface area contributed by atoms with E-state index in [1.54, 1.807) is 36.4 Å². The van der Waals surface area contributed by atoms with Gasteiger partial charge in [-0.15, -0.1) is 0 Å². The topological polar surface area (TPSA) is 255 Å². The molecule has 16 nitrogen and oxygen atoms in total. The summed E-state index contributed by atoms with van der Waals surface area (Å²) in [7, 11) is 0. The number of rotatable bonds is 9. The summed E-state index contributed by atoms with van der Waals surface area (Å²) in [5.74, 6) is -15.7. The molecule has 0 amide bonds. The zero-order valence-corrected chi connectivity index (χ0v) is 71.2. The van der Waals surface area contributed by atoms with Crippen LogP contribution in [0.3, 0.4) is 0 Å². The first-order chi connectivity index (χ1) is 64.8. The van der Waals surface area contributed by atoms with Crippen LogP contribution < -0.4 is 37.0 Å². The molecule has 0 fully saturated rings. The molecule has 0 atom stereocenters. The standard InChI is InChI=1S/C34H11F7N6S.C32H13F7N4S.C31H13F7N6S/c1-14-18(33(46-2)47-3)8-20-28(14)29(15-4-24(35)22(12-44)25(36)5-15)21-9-19(17(10-42)11-43)32(48-34(39,40)41)31(21)30(20)16-6-26(37)23(13-45)27(38)7-16;1-14-22(31(42-2)43-3)10-24-26(14)27(15-4-18(33)8-19(34)5-15)25-11-23(17(12-40)13-41)30(44-32(37,38)39)29(25)28(24)16-6-20(35)9-21(36)7-16;1-12-16(30(42-2)43-3)8-18-24(12)25(13-4-20(32)28(41)21(33)5-13)19-9-17(15(10-39)11-40)29(45-31(36,37)38)27(19)26(18)14-6-22(34)44-23(35)7-14/h4-7H,8-9H2,1H3;4-9H,10-11H2,1H3;4-7H,8-9,41H2,1H3. The maximum absolute atomic E-state index is 15.1. The number of alkyl halides is 9.